The Balaban J connectivity index is 1.60. The van der Waals surface area contributed by atoms with E-state index in [1.807, 2.05) is 6.07 Å². The summed E-state index contributed by atoms with van der Waals surface area (Å²) in [6.45, 7) is 1.68. The molecule has 8 heteroatoms. The summed E-state index contributed by atoms with van der Waals surface area (Å²) in [6, 6.07) is 16.7. The maximum Gasteiger partial charge on any atom is 0.257 e. The van der Waals surface area contributed by atoms with E-state index in [9.17, 15) is 14.0 Å². The van der Waals surface area contributed by atoms with Crippen molar-refractivity contribution in [3.63, 3.8) is 0 Å². The fraction of sp³-hybridized carbons (Fsp3) is 0.130. The van der Waals surface area contributed by atoms with Gasteiger partial charge in [0.05, 0.1) is 16.3 Å². The van der Waals surface area contributed by atoms with E-state index >= 15 is 0 Å². The van der Waals surface area contributed by atoms with Gasteiger partial charge in [-0.1, -0.05) is 41.4 Å². The maximum absolute atomic E-state index is 14.1. The number of hydrogen-bond donors (Lipinski definition) is 1. The standard InChI is InChI=1S/C23H17Cl2FN2O2S/c1-13-5-7-17(11-20(13)26)28-21(29)12-31-23(28)14-3-2-4-16(9-14)27-22(30)18-8-6-15(24)10-19(18)25/h2-11,23H,12H2,1H3,(H,27,30)/t23-/m0/s1. The van der Waals surface area contributed by atoms with Crippen LogP contribution in [0.4, 0.5) is 15.8 Å². The molecule has 3 aromatic rings. The van der Waals surface area contributed by atoms with E-state index in [1.165, 1.54) is 23.9 Å². The highest BCUT2D eigenvalue weighted by Gasteiger charge is 2.34. The lowest BCUT2D eigenvalue weighted by atomic mass is 10.1. The fourth-order valence-corrected chi connectivity index (χ4v) is 4.98. The summed E-state index contributed by atoms with van der Waals surface area (Å²) < 4.78 is 14.1. The first kappa shape index (κ1) is 21.7. The van der Waals surface area contributed by atoms with Gasteiger partial charge in [0, 0.05) is 16.4 Å². The molecule has 0 aromatic heterocycles. The molecule has 1 aliphatic heterocycles. The molecule has 1 aliphatic rings. The molecule has 1 heterocycles. The van der Waals surface area contributed by atoms with Gasteiger partial charge in [-0.25, -0.2) is 4.39 Å². The summed E-state index contributed by atoms with van der Waals surface area (Å²) in [7, 11) is 0. The third kappa shape index (κ3) is 4.56. The third-order valence-corrected chi connectivity index (χ3v) is 6.67. The van der Waals surface area contributed by atoms with E-state index < -0.39 is 0 Å². The number of halogens is 3. The molecule has 0 bridgehead atoms. The number of thioether (sulfide) groups is 1. The molecule has 4 nitrogen and oxygen atoms in total. The average Bonchev–Trinajstić information content (AvgIpc) is 3.11. The zero-order chi connectivity index (χ0) is 22.1. The molecule has 1 N–H and O–H groups in total. The Kier molecular flexibility index (Phi) is 6.23. The van der Waals surface area contributed by atoms with E-state index in [2.05, 4.69) is 5.32 Å². The molecular formula is C23H17Cl2FN2O2S. The van der Waals surface area contributed by atoms with E-state index in [0.717, 1.165) is 5.56 Å². The topological polar surface area (TPSA) is 49.4 Å². The zero-order valence-corrected chi connectivity index (χ0v) is 18.7. The molecule has 4 rings (SSSR count). The molecule has 1 saturated heterocycles. The first-order chi connectivity index (χ1) is 14.8. The second kappa shape index (κ2) is 8.91. The molecule has 2 amide bonds. The molecule has 0 spiro atoms. The molecule has 1 atom stereocenters. The van der Waals surface area contributed by atoms with Gasteiger partial charge in [0.25, 0.3) is 5.91 Å². The average molecular weight is 475 g/mol. The zero-order valence-electron chi connectivity index (χ0n) is 16.4. The predicted molar refractivity (Wildman–Crippen MR) is 125 cm³/mol. The molecule has 1 fully saturated rings. The minimum atomic E-state index is -0.369. The summed E-state index contributed by atoms with van der Waals surface area (Å²) in [4.78, 5) is 26.8. The number of nitrogens with zero attached hydrogens (tertiary/aromatic N) is 1. The number of carbonyl (C=O) groups excluding carboxylic acids is 2. The van der Waals surface area contributed by atoms with Crippen LogP contribution in [0.2, 0.25) is 10.0 Å². The molecule has 0 saturated carbocycles. The van der Waals surface area contributed by atoms with Crippen LogP contribution in [0.15, 0.2) is 60.7 Å². The highest BCUT2D eigenvalue weighted by atomic mass is 35.5. The Hall–Kier alpha value is -2.54. The van der Waals surface area contributed by atoms with Crippen molar-refractivity contribution in [1.82, 2.24) is 0 Å². The van der Waals surface area contributed by atoms with Gasteiger partial charge in [-0.3, -0.25) is 14.5 Å². The van der Waals surface area contributed by atoms with Crippen molar-refractivity contribution in [2.45, 2.75) is 12.3 Å². The number of anilines is 2. The second-order valence-corrected chi connectivity index (χ2v) is 8.98. The highest BCUT2D eigenvalue weighted by Crippen LogP contribution is 2.42. The lowest BCUT2D eigenvalue weighted by Gasteiger charge is -2.25. The van der Waals surface area contributed by atoms with Crippen molar-refractivity contribution >= 4 is 58.2 Å². The SMILES string of the molecule is Cc1ccc(N2C(=O)CS[C@H]2c2cccc(NC(=O)c3ccc(Cl)cc3Cl)c2)cc1F. The highest BCUT2D eigenvalue weighted by molar-refractivity contribution is 8.00. The van der Waals surface area contributed by atoms with Gasteiger partial charge in [-0.15, -0.1) is 11.8 Å². The van der Waals surface area contributed by atoms with Crippen LogP contribution in [0.5, 0.6) is 0 Å². The Morgan fingerprint density at radius 2 is 1.94 bits per heavy atom. The van der Waals surface area contributed by atoms with Crippen LogP contribution in [-0.2, 0) is 4.79 Å². The fourth-order valence-electron chi connectivity index (χ4n) is 3.32. The number of hydrogen-bond acceptors (Lipinski definition) is 3. The van der Waals surface area contributed by atoms with Crippen LogP contribution < -0.4 is 10.2 Å². The van der Waals surface area contributed by atoms with Crippen LogP contribution in [-0.4, -0.2) is 17.6 Å². The lowest BCUT2D eigenvalue weighted by Crippen LogP contribution is -2.28. The van der Waals surface area contributed by atoms with Gasteiger partial charge in [0.1, 0.15) is 11.2 Å². The van der Waals surface area contributed by atoms with E-state index in [-0.39, 0.29) is 33.8 Å². The molecular weight excluding hydrogens is 458 g/mol. The summed E-state index contributed by atoms with van der Waals surface area (Å²) in [5.41, 5.74) is 2.70. The van der Waals surface area contributed by atoms with Crippen LogP contribution in [0.3, 0.4) is 0 Å². The van der Waals surface area contributed by atoms with E-state index in [1.54, 1.807) is 54.3 Å². The van der Waals surface area contributed by atoms with Crippen LogP contribution >= 0.6 is 35.0 Å². The van der Waals surface area contributed by atoms with Gasteiger partial charge in [0.15, 0.2) is 0 Å². The van der Waals surface area contributed by atoms with Crippen LogP contribution in [0.1, 0.15) is 26.9 Å². The molecule has 0 unspecified atom stereocenters. The van der Waals surface area contributed by atoms with Crippen LogP contribution in [0, 0.1) is 12.7 Å². The van der Waals surface area contributed by atoms with Crippen molar-refractivity contribution < 1.29 is 14.0 Å². The summed E-state index contributed by atoms with van der Waals surface area (Å²) in [5, 5.41) is 3.20. The predicted octanol–water partition coefficient (Wildman–Crippen LogP) is 6.47. The number of nitrogens with one attached hydrogen (secondary N) is 1. The van der Waals surface area contributed by atoms with Crippen molar-refractivity contribution in [3.8, 4) is 0 Å². The van der Waals surface area contributed by atoms with Gasteiger partial charge in [-0.05, 0) is 60.5 Å². The summed E-state index contributed by atoms with van der Waals surface area (Å²) in [6.07, 6.45) is 0. The number of benzene rings is 3. The van der Waals surface area contributed by atoms with Gasteiger partial charge in [0.2, 0.25) is 5.91 Å². The smallest absolute Gasteiger partial charge is 0.257 e. The van der Waals surface area contributed by atoms with Gasteiger partial charge in [-0.2, -0.15) is 0 Å². The Bertz CT molecular complexity index is 1190. The molecule has 0 radical (unpaired) electrons. The molecule has 0 aliphatic carbocycles. The quantitative estimate of drug-likeness (QED) is 0.471. The number of carbonyl (C=O) groups is 2. The number of aryl methyl sites for hydroxylation is 1. The largest absolute Gasteiger partial charge is 0.322 e. The summed E-state index contributed by atoms with van der Waals surface area (Å²) in [5.74, 6) is -0.536. The Labute approximate surface area is 193 Å². The first-order valence-electron chi connectivity index (χ1n) is 9.39. The van der Waals surface area contributed by atoms with Crippen molar-refractivity contribution in [3.05, 3.63) is 93.2 Å². The number of amides is 2. The molecule has 3 aromatic carbocycles. The van der Waals surface area contributed by atoms with Crippen molar-refractivity contribution in [2.75, 3.05) is 16.0 Å². The van der Waals surface area contributed by atoms with Crippen molar-refractivity contribution in [1.29, 1.82) is 0 Å². The Morgan fingerprint density at radius 3 is 2.68 bits per heavy atom. The third-order valence-electron chi connectivity index (χ3n) is 4.91. The van der Waals surface area contributed by atoms with E-state index in [4.69, 9.17) is 23.2 Å². The molecule has 31 heavy (non-hydrogen) atoms. The first-order valence-corrected chi connectivity index (χ1v) is 11.2. The minimum absolute atomic E-state index is 0.0966. The molecule has 158 valence electrons. The minimum Gasteiger partial charge on any atom is -0.322 e. The van der Waals surface area contributed by atoms with E-state index in [0.29, 0.717) is 27.5 Å². The number of rotatable bonds is 4. The van der Waals surface area contributed by atoms with Gasteiger partial charge < -0.3 is 5.32 Å². The monoisotopic (exact) mass is 474 g/mol. The maximum atomic E-state index is 14.1. The normalized spacial score (nSPS) is 15.9. The van der Waals surface area contributed by atoms with Crippen LogP contribution in [0.25, 0.3) is 0 Å². The summed E-state index contributed by atoms with van der Waals surface area (Å²) >= 11 is 13.5. The second-order valence-electron chi connectivity index (χ2n) is 7.06. The Morgan fingerprint density at radius 1 is 1.13 bits per heavy atom. The lowest BCUT2D eigenvalue weighted by molar-refractivity contribution is -0.115. The van der Waals surface area contributed by atoms with Crippen molar-refractivity contribution in [2.24, 2.45) is 0 Å². The van der Waals surface area contributed by atoms with Gasteiger partial charge >= 0.3 is 0 Å².